The Morgan fingerprint density at radius 1 is 1.29 bits per heavy atom. The fourth-order valence-corrected chi connectivity index (χ4v) is 2.99. The van der Waals surface area contributed by atoms with Crippen LogP contribution in [0.3, 0.4) is 0 Å². The minimum Gasteiger partial charge on any atom is -0.481 e. The van der Waals surface area contributed by atoms with E-state index < -0.39 is 11.4 Å². The zero-order valence-electron chi connectivity index (χ0n) is 10.2. The molecule has 2 aliphatic rings. The molecule has 0 spiro atoms. The number of carbonyl (C=O) groups is 1. The standard InChI is InChI=1S/C13H22O4/c14-8-3-1-2-6-13(12(15)16)7-9-17-11(13)10-4-5-10/h10-11,14H,1-9H2,(H,15,16). The molecule has 0 bridgehead atoms. The summed E-state index contributed by atoms with van der Waals surface area (Å²) in [4.78, 5) is 11.6. The number of aliphatic carboxylic acids is 1. The molecule has 4 nitrogen and oxygen atoms in total. The van der Waals surface area contributed by atoms with Gasteiger partial charge in [-0.15, -0.1) is 0 Å². The summed E-state index contributed by atoms with van der Waals surface area (Å²) in [5, 5.41) is 18.3. The van der Waals surface area contributed by atoms with Crippen LogP contribution in [-0.2, 0) is 9.53 Å². The van der Waals surface area contributed by atoms with E-state index >= 15 is 0 Å². The molecule has 98 valence electrons. The normalized spacial score (nSPS) is 32.9. The molecule has 4 heteroatoms. The van der Waals surface area contributed by atoms with E-state index in [1.807, 2.05) is 0 Å². The average Bonchev–Trinajstić information content (AvgIpc) is 3.05. The molecular weight excluding hydrogens is 220 g/mol. The molecule has 2 atom stereocenters. The molecule has 2 unspecified atom stereocenters. The van der Waals surface area contributed by atoms with Crippen LogP contribution in [0, 0.1) is 11.3 Å². The summed E-state index contributed by atoms with van der Waals surface area (Å²) in [6.07, 6.45) is 6.08. The van der Waals surface area contributed by atoms with Crippen LogP contribution in [0.15, 0.2) is 0 Å². The Kier molecular flexibility index (Phi) is 4.05. The van der Waals surface area contributed by atoms with Crippen molar-refractivity contribution >= 4 is 5.97 Å². The van der Waals surface area contributed by atoms with Crippen molar-refractivity contribution in [3.8, 4) is 0 Å². The maximum atomic E-state index is 11.6. The maximum absolute atomic E-state index is 11.6. The van der Waals surface area contributed by atoms with E-state index in [-0.39, 0.29) is 12.7 Å². The van der Waals surface area contributed by atoms with Gasteiger partial charge in [0.1, 0.15) is 0 Å². The van der Waals surface area contributed by atoms with Gasteiger partial charge in [-0.3, -0.25) is 4.79 Å². The molecule has 2 N–H and O–H groups in total. The first-order valence-corrected chi connectivity index (χ1v) is 6.66. The molecular formula is C13H22O4. The lowest BCUT2D eigenvalue weighted by Crippen LogP contribution is -2.40. The van der Waals surface area contributed by atoms with Crippen molar-refractivity contribution in [2.24, 2.45) is 11.3 Å². The van der Waals surface area contributed by atoms with E-state index in [2.05, 4.69) is 0 Å². The summed E-state index contributed by atoms with van der Waals surface area (Å²) >= 11 is 0. The molecule has 0 amide bonds. The highest BCUT2D eigenvalue weighted by Crippen LogP contribution is 2.50. The van der Waals surface area contributed by atoms with Gasteiger partial charge in [-0.25, -0.2) is 0 Å². The lowest BCUT2D eigenvalue weighted by molar-refractivity contribution is -0.154. The second-order valence-corrected chi connectivity index (χ2v) is 5.37. The Bertz CT molecular complexity index is 275. The Balaban J connectivity index is 1.95. The fourth-order valence-electron chi connectivity index (χ4n) is 2.99. The van der Waals surface area contributed by atoms with Crippen molar-refractivity contribution < 1.29 is 19.7 Å². The number of ether oxygens (including phenoxy) is 1. The smallest absolute Gasteiger partial charge is 0.312 e. The zero-order valence-corrected chi connectivity index (χ0v) is 10.2. The summed E-state index contributed by atoms with van der Waals surface area (Å²) in [6, 6.07) is 0. The molecule has 2 rings (SSSR count). The third-order valence-electron chi connectivity index (χ3n) is 4.15. The second-order valence-electron chi connectivity index (χ2n) is 5.37. The largest absolute Gasteiger partial charge is 0.481 e. The van der Waals surface area contributed by atoms with E-state index in [1.165, 1.54) is 0 Å². The number of aliphatic hydroxyl groups excluding tert-OH is 1. The van der Waals surface area contributed by atoms with Gasteiger partial charge < -0.3 is 14.9 Å². The van der Waals surface area contributed by atoms with E-state index in [1.54, 1.807) is 0 Å². The van der Waals surface area contributed by atoms with Crippen LogP contribution >= 0.6 is 0 Å². The first-order valence-electron chi connectivity index (χ1n) is 6.66. The van der Waals surface area contributed by atoms with Gasteiger partial charge in [0.25, 0.3) is 0 Å². The number of aliphatic hydroxyl groups is 1. The molecule has 1 aliphatic heterocycles. The van der Waals surface area contributed by atoms with Crippen LogP contribution in [-0.4, -0.2) is 35.5 Å². The van der Waals surface area contributed by atoms with Crippen molar-refractivity contribution in [1.82, 2.24) is 0 Å². The van der Waals surface area contributed by atoms with Gasteiger partial charge >= 0.3 is 5.97 Å². The Labute approximate surface area is 102 Å². The Hall–Kier alpha value is -0.610. The quantitative estimate of drug-likeness (QED) is 0.668. The van der Waals surface area contributed by atoms with Crippen LogP contribution < -0.4 is 0 Å². The van der Waals surface area contributed by atoms with E-state index in [0.717, 1.165) is 32.1 Å². The van der Waals surface area contributed by atoms with Crippen molar-refractivity contribution in [2.45, 2.75) is 51.0 Å². The van der Waals surface area contributed by atoms with Crippen LogP contribution in [0.2, 0.25) is 0 Å². The molecule has 0 aromatic rings. The lowest BCUT2D eigenvalue weighted by Gasteiger charge is -2.30. The molecule has 0 aromatic carbocycles. The Morgan fingerprint density at radius 3 is 2.65 bits per heavy atom. The first-order chi connectivity index (χ1) is 8.20. The summed E-state index contributed by atoms with van der Waals surface area (Å²) < 4.78 is 5.68. The molecule has 17 heavy (non-hydrogen) atoms. The summed E-state index contributed by atoms with van der Waals surface area (Å²) in [5.41, 5.74) is -0.642. The molecule has 1 heterocycles. The van der Waals surface area contributed by atoms with E-state index in [9.17, 15) is 9.90 Å². The first kappa shape index (κ1) is 12.8. The Morgan fingerprint density at radius 2 is 2.06 bits per heavy atom. The van der Waals surface area contributed by atoms with Crippen LogP contribution in [0.1, 0.15) is 44.9 Å². The van der Waals surface area contributed by atoms with Gasteiger partial charge in [0, 0.05) is 13.2 Å². The minimum atomic E-state index is -0.684. The minimum absolute atomic E-state index is 0.0610. The molecule has 0 aromatic heterocycles. The summed E-state index contributed by atoms with van der Waals surface area (Å²) in [5.74, 6) is -0.206. The van der Waals surface area contributed by atoms with Crippen molar-refractivity contribution in [2.75, 3.05) is 13.2 Å². The van der Waals surface area contributed by atoms with E-state index in [4.69, 9.17) is 9.84 Å². The highest BCUT2D eigenvalue weighted by Gasteiger charge is 2.55. The maximum Gasteiger partial charge on any atom is 0.312 e. The number of rotatable bonds is 7. The SMILES string of the molecule is O=C(O)C1(CCCCCO)CCOC1C1CC1. The van der Waals surface area contributed by atoms with Gasteiger partial charge in [0.15, 0.2) is 0 Å². The van der Waals surface area contributed by atoms with Crippen molar-refractivity contribution in [1.29, 1.82) is 0 Å². The molecule has 1 saturated heterocycles. The third kappa shape index (κ3) is 2.63. The topological polar surface area (TPSA) is 66.8 Å². The van der Waals surface area contributed by atoms with E-state index in [0.29, 0.717) is 25.4 Å². The molecule has 2 fully saturated rings. The molecule has 1 aliphatic carbocycles. The summed E-state index contributed by atoms with van der Waals surface area (Å²) in [7, 11) is 0. The predicted octanol–water partition coefficient (Wildman–Crippen LogP) is 1.81. The van der Waals surface area contributed by atoms with Crippen LogP contribution in [0.5, 0.6) is 0 Å². The number of hydrogen-bond donors (Lipinski definition) is 2. The lowest BCUT2D eigenvalue weighted by atomic mass is 9.75. The highest BCUT2D eigenvalue weighted by atomic mass is 16.5. The zero-order chi connectivity index (χ0) is 12.3. The van der Waals surface area contributed by atoms with Crippen LogP contribution in [0.25, 0.3) is 0 Å². The fraction of sp³-hybridized carbons (Fsp3) is 0.923. The molecule has 1 saturated carbocycles. The number of carboxylic acids is 1. The number of carboxylic acid groups (broad SMARTS) is 1. The number of hydrogen-bond acceptors (Lipinski definition) is 3. The van der Waals surface area contributed by atoms with Gasteiger partial charge in [-0.05, 0) is 38.0 Å². The van der Waals surface area contributed by atoms with Gasteiger partial charge in [0.05, 0.1) is 11.5 Å². The third-order valence-corrected chi connectivity index (χ3v) is 4.15. The highest BCUT2D eigenvalue weighted by molar-refractivity contribution is 5.76. The van der Waals surface area contributed by atoms with Crippen LogP contribution in [0.4, 0.5) is 0 Å². The van der Waals surface area contributed by atoms with Crippen molar-refractivity contribution in [3.05, 3.63) is 0 Å². The van der Waals surface area contributed by atoms with Crippen molar-refractivity contribution in [3.63, 3.8) is 0 Å². The summed E-state index contributed by atoms with van der Waals surface area (Å²) in [6.45, 7) is 0.788. The molecule has 0 radical (unpaired) electrons. The monoisotopic (exact) mass is 242 g/mol. The number of unbranched alkanes of at least 4 members (excludes halogenated alkanes) is 2. The van der Waals surface area contributed by atoms with Gasteiger partial charge in [0.2, 0.25) is 0 Å². The van der Waals surface area contributed by atoms with Gasteiger partial charge in [-0.2, -0.15) is 0 Å². The second kappa shape index (κ2) is 5.36. The average molecular weight is 242 g/mol. The predicted molar refractivity (Wildman–Crippen MR) is 62.7 cm³/mol. The van der Waals surface area contributed by atoms with Gasteiger partial charge in [-0.1, -0.05) is 12.8 Å².